The van der Waals surface area contributed by atoms with E-state index in [1.807, 2.05) is 0 Å². The number of hydrogen-bond acceptors (Lipinski definition) is 2. The highest BCUT2D eigenvalue weighted by molar-refractivity contribution is 9.10. The van der Waals surface area contributed by atoms with Crippen LogP contribution in [0.15, 0.2) is 28.7 Å². The fourth-order valence-corrected chi connectivity index (χ4v) is 4.17. The molecule has 18 heavy (non-hydrogen) atoms. The molecule has 1 aromatic carbocycles. The monoisotopic (exact) mass is 340 g/mol. The smallest absolute Gasteiger partial charge is 0.272 e. The summed E-state index contributed by atoms with van der Waals surface area (Å²) in [4.78, 5) is 0. The minimum absolute atomic E-state index is 0.320. The SMILES string of the molecule is O=S(=O)(O)C(c1ccccc1Br)C1CC(F)(F)C1. The first-order valence-electron chi connectivity index (χ1n) is 5.29. The van der Waals surface area contributed by atoms with Crippen molar-refractivity contribution >= 4 is 26.0 Å². The molecule has 1 atom stereocenters. The average molecular weight is 341 g/mol. The predicted octanol–water partition coefficient (Wildman–Crippen LogP) is 3.42. The molecule has 1 aliphatic rings. The van der Waals surface area contributed by atoms with Gasteiger partial charge in [-0.1, -0.05) is 34.1 Å². The van der Waals surface area contributed by atoms with Crippen molar-refractivity contribution in [3.63, 3.8) is 0 Å². The van der Waals surface area contributed by atoms with Gasteiger partial charge in [-0.2, -0.15) is 8.42 Å². The van der Waals surface area contributed by atoms with Gasteiger partial charge in [0.15, 0.2) is 0 Å². The highest BCUT2D eigenvalue weighted by atomic mass is 79.9. The summed E-state index contributed by atoms with van der Waals surface area (Å²) in [6.45, 7) is 0. The summed E-state index contributed by atoms with van der Waals surface area (Å²) in [6, 6.07) is 6.42. The lowest BCUT2D eigenvalue weighted by molar-refractivity contribution is -0.111. The van der Waals surface area contributed by atoms with Gasteiger partial charge < -0.3 is 0 Å². The van der Waals surface area contributed by atoms with Crippen LogP contribution in [0, 0.1) is 5.92 Å². The van der Waals surface area contributed by atoms with E-state index in [2.05, 4.69) is 15.9 Å². The zero-order valence-electron chi connectivity index (χ0n) is 9.18. The fourth-order valence-electron chi connectivity index (χ4n) is 2.28. The minimum Gasteiger partial charge on any atom is -0.285 e. The summed E-state index contributed by atoms with van der Waals surface area (Å²) in [5.74, 6) is -3.58. The Hall–Kier alpha value is -0.530. The first-order valence-corrected chi connectivity index (χ1v) is 7.59. The van der Waals surface area contributed by atoms with Crippen LogP contribution in [-0.2, 0) is 10.1 Å². The van der Waals surface area contributed by atoms with Crippen LogP contribution in [0.5, 0.6) is 0 Å². The summed E-state index contributed by atoms with van der Waals surface area (Å²) >= 11 is 3.18. The van der Waals surface area contributed by atoms with Crippen molar-refractivity contribution in [3.05, 3.63) is 34.3 Å². The molecule has 0 aliphatic heterocycles. The lowest BCUT2D eigenvalue weighted by Crippen LogP contribution is -2.41. The number of benzene rings is 1. The molecule has 1 unspecified atom stereocenters. The Kier molecular flexibility index (Phi) is 3.50. The largest absolute Gasteiger partial charge is 0.285 e. The van der Waals surface area contributed by atoms with Gasteiger partial charge in [0.05, 0.1) is 0 Å². The third-order valence-electron chi connectivity index (χ3n) is 3.08. The summed E-state index contributed by atoms with van der Waals surface area (Å²) < 4.78 is 58.3. The van der Waals surface area contributed by atoms with E-state index in [0.29, 0.717) is 10.0 Å². The van der Waals surface area contributed by atoms with E-state index in [9.17, 15) is 21.8 Å². The molecule has 1 aromatic rings. The predicted molar refractivity (Wildman–Crippen MR) is 66.1 cm³/mol. The molecule has 0 spiro atoms. The van der Waals surface area contributed by atoms with Crippen molar-refractivity contribution in [1.82, 2.24) is 0 Å². The lowest BCUT2D eigenvalue weighted by Gasteiger charge is -2.39. The second-order valence-electron chi connectivity index (χ2n) is 4.48. The Morgan fingerprint density at radius 3 is 2.33 bits per heavy atom. The van der Waals surface area contributed by atoms with Crippen molar-refractivity contribution in [1.29, 1.82) is 0 Å². The van der Waals surface area contributed by atoms with E-state index in [-0.39, 0.29) is 0 Å². The molecule has 1 aliphatic carbocycles. The summed E-state index contributed by atoms with van der Waals surface area (Å²) in [6.07, 6.45) is -1.03. The van der Waals surface area contributed by atoms with E-state index in [1.54, 1.807) is 18.2 Å². The Labute approximate surface area is 112 Å². The summed E-state index contributed by atoms with van der Waals surface area (Å²) in [7, 11) is -4.41. The zero-order valence-corrected chi connectivity index (χ0v) is 11.6. The zero-order chi connectivity index (χ0) is 13.6. The van der Waals surface area contributed by atoms with Crippen molar-refractivity contribution in [2.45, 2.75) is 24.0 Å². The van der Waals surface area contributed by atoms with Crippen LogP contribution >= 0.6 is 15.9 Å². The van der Waals surface area contributed by atoms with Crippen LogP contribution in [0.1, 0.15) is 23.7 Å². The van der Waals surface area contributed by atoms with Crippen LogP contribution in [-0.4, -0.2) is 18.9 Å². The van der Waals surface area contributed by atoms with Crippen molar-refractivity contribution in [2.75, 3.05) is 0 Å². The van der Waals surface area contributed by atoms with E-state index < -0.39 is 40.1 Å². The van der Waals surface area contributed by atoms with Crippen LogP contribution < -0.4 is 0 Å². The maximum atomic E-state index is 12.9. The number of rotatable bonds is 3. The molecule has 1 saturated carbocycles. The molecule has 1 fully saturated rings. The normalized spacial score (nSPS) is 21.3. The summed E-state index contributed by atoms with van der Waals surface area (Å²) in [5, 5.41) is -1.30. The quantitative estimate of drug-likeness (QED) is 0.857. The topological polar surface area (TPSA) is 54.4 Å². The van der Waals surface area contributed by atoms with Crippen molar-refractivity contribution < 1.29 is 21.8 Å². The second kappa shape index (κ2) is 4.54. The molecule has 100 valence electrons. The van der Waals surface area contributed by atoms with Crippen molar-refractivity contribution in [3.8, 4) is 0 Å². The summed E-state index contributed by atoms with van der Waals surface area (Å²) in [5.41, 5.74) is 0.320. The molecule has 7 heteroatoms. The molecule has 0 bridgehead atoms. The van der Waals surface area contributed by atoms with E-state index in [1.165, 1.54) is 6.07 Å². The van der Waals surface area contributed by atoms with Gasteiger partial charge in [0.1, 0.15) is 5.25 Å². The fraction of sp³-hybridized carbons (Fsp3) is 0.455. The standard InChI is InChI=1S/C11H11BrF2O3S/c12-9-4-2-1-3-8(9)10(18(15,16)17)7-5-11(13,14)6-7/h1-4,7,10H,5-6H2,(H,15,16,17). The molecule has 0 aromatic heterocycles. The molecular formula is C11H11BrF2O3S. The third-order valence-corrected chi connectivity index (χ3v) is 5.09. The Morgan fingerprint density at radius 2 is 1.89 bits per heavy atom. The number of halogens is 3. The minimum atomic E-state index is -4.41. The molecule has 0 saturated heterocycles. The molecular weight excluding hydrogens is 330 g/mol. The lowest BCUT2D eigenvalue weighted by atomic mass is 9.77. The van der Waals surface area contributed by atoms with Crippen LogP contribution in [0.2, 0.25) is 0 Å². The maximum absolute atomic E-state index is 12.9. The van der Waals surface area contributed by atoms with Crippen LogP contribution in [0.3, 0.4) is 0 Å². The highest BCUT2D eigenvalue weighted by Crippen LogP contribution is 2.51. The Morgan fingerprint density at radius 1 is 1.33 bits per heavy atom. The second-order valence-corrected chi connectivity index (χ2v) is 6.87. The van der Waals surface area contributed by atoms with Gasteiger partial charge in [-0.25, -0.2) is 8.78 Å². The first-order chi connectivity index (χ1) is 8.21. The third kappa shape index (κ3) is 2.73. The molecule has 3 nitrogen and oxygen atoms in total. The Balaban J connectivity index is 2.37. The van der Waals surface area contributed by atoms with Crippen molar-refractivity contribution in [2.24, 2.45) is 5.92 Å². The number of hydrogen-bond donors (Lipinski definition) is 1. The van der Waals surface area contributed by atoms with Gasteiger partial charge in [0, 0.05) is 17.3 Å². The van der Waals surface area contributed by atoms with Gasteiger partial charge >= 0.3 is 0 Å². The van der Waals surface area contributed by atoms with E-state index in [4.69, 9.17) is 0 Å². The van der Waals surface area contributed by atoms with Gasteiger partial charge in [-0.15, -0.1) is 0 Å². The van der Waals surface area contributed by atoms with Gasteiger partial charge in [-0.05, 0) is 17.5 Å². The molecule has 0 radical (unpaired) electrons. The van der Waals surface area contributed by atoms with Gasteiger partial charge in [0.2, 0.25) is 5.92 Å². The molecule has 0 amide bonds. The van der Waals surface area contributed by atoms with Crippen LogP contribution in [0.25, 0.3) is 0 Å². The Bertz CT molecular complexity index is 551. The number of alkyl halides is 2. The molecule has 0 heterocycles. The first kappa shape index (κ1) is 13.9. The van der Waals surface area contributed by atoms with E-state index in [0.717, 1.165) is 0 Å². The molecule has 2 rings (SSSR count). The highest BCUT2D eigenvalue weighted by Gasteiger charge is 2.52. The van der Waals surface area contributed by atoms with Crippen LogP contribution in [0.4, 0.5) is 8.78 Å². The van der Waals surface area contributed by atoms with E-state index >= 15 is 0 Å². The molecule has 1 N–H and O–H groups in total. The average Bonchev–Trinajstić information content (AvgIpc) is 2.16. The van der Waals surface area contributed by atoms with Gasteiger partial charge in [0.25, 0.3) is 10.1 Å². The maximum Gasteiger partial charge on any atom is 0.272 e. The van der Waals surface area contributed by atoms with Gasteiger partial charge in [-0.3, -0.25) is 4.55 Å².